The lowest BCUT2D eigenvalue weighted by Gasteiger charge is -2.28. The van der Waals surface area contributed by atoms with E-state index in [9.17, 15) is 0 Å². The van der Waals surface area contributed by atoms with Gasteiger partial charge in [-0.3, -0.25) is 4.90 Å². The maximum Gasteiger partial charge on any atom is 0.219 e. The average molecular weight is 397 g/mol. The van der Waals surface area contributed by atoms with Crippen molar-refractivity contribution in [1.82, 2.24) is 34.4 Å². The molecular weight excluding hydrogens is 374 g/mol. The highest BCUT2D eigenvalue weighted by Gasteiger charge is 2.21. The van der Waals surface area contributed by atoms with Gasteiger partial charge in [0.05, 0.1) is 44.9 Å². The first-order valence-electron chi connectivity index (χ1n) is 9.73. The fraction of sp³-hybridized carbons (Fsp3) is 0.500. The molecule has 11 heteroatoms. The Morgan fingerprint density at radius 1 is 0.931 bits per heavy atom. The van der Waals surface area contributed by atoms with Gasteiger partial charge in [-0.1, -0.05) is 0 Å². The molecule has 0 aliphatic carbocycles. The number of hydrogen-bond acceptors (Lipinski definition) is 10. The van der Waals surface area contributed by atoms with Crippen molar-refractivity contribution in [2.45, 2.75) is 6.54 Å². The summed E-state index contributed by atoms with van der Waals surface area (Å²) < 4.78 is 12.7. The molecule has 29 heavy (non-hydrogen) atoms. The van der Waals surface area contributed by atoms with Gasteiger partial charge in [0.25, 0.3) is 0 Å². The minimum absolute atomic E-state index is 0.233. The monoisotopic (exact) mass is 397 g/mol. The number of nitrogens with two attached hydrogens (primary N) is 1. The molecule has 5 rings (SSSR count). The third kappa shape index (κ3) is 3.84. The van der Waals surface area contributed by atoms with Gasteiger partial charge in [-0.2, -0.15) is 0 Å². The predicted molar refractivity (Wildman–Crippen MR) is 105 cm³/mol. The van der Waals surface area contributed by atoms with Crippen LogP contribution in [0.3, 0.4) is 0 Å². The smallest absolute Gasteiger partial charge is 0.219 e. The lowest BCUT2D eigenvalue weighted by atomic mass is 10.2. The Morgan fingerprint density at radius 2 is 1.62 bits per heavy atom. The van der Waals surface area contributed by atoms with Crippen LogP contribution in [0.25, 0.3) is 16.9 Å². The summed E-state index contributed by atoms with van der Waals surface area (Å²) in [7, 11) is 0. The van der Waals surface area contributed by atoms with Crippen LogP contribution in [0, 0.1) is 0 Å². The first-order chi connectivity index (χ1) is 14.3. The van der Waals surface area contributed by atoms with E-state index in [0.717, 1.165) is 67.9 Å². The summed E-state index contributed by atoms with van der Waals surface area (Å²) in [6.45, 7) is 6.80. The zero-order chi connectivity index (χ0) is 19.6. The number of rotatable bonds is 4. The molecule has 0 amide bonds. The van der Waals surface area contributed by atoms with E-state index in [1.807, 2.05) is 6.20 Å². The summed E-state index contributed by atoms with van der Waals surface area (Å²) in [6.07, 6.45) is 5.21. The van der Waals surface area contributed by atoms with E-state index < -0.39 is 0 Å². The number of anilines is 2. The number of hydrogen-bond donors (Lipinski definition) is 1. The van der Waals surface area contributed by atoms with Gasteiger partial charge in [-0.25, -0.2) is 24.5 Å². The molecular formula is C18H23N9O2. The van der Waals surface area contributed by atoms with Crippen molar-refractivity contribution in [1.29, 1.82) is 0 Å². The molecule has 3 aromatic heterocycles. The summed E-state index contributed by atoms with van der Waals surface area (Å²) >= 11 is 0. The van der Waals surface area contributed by atoms with Crippen LogP contribution >= 0.6 is 0 Å². The molecule has 0 unspecified atom stereocenters. The number of morpholine rings is 2. The lowest BCUT2D eigenvalue weighted by molar-refractivity contribution is 0.0331. The molecule has 0 atom stereocenters. The summed E-state index contributed by atoms with van der Waals surface area (Å²) in [5.74, 6) is 1.80. The zero-order valence-corrected chi connectivity index (χ0v) is 16.1. The van der Waals surface area contributed by atoms with Crippen molar-refractivity contribution in [3.05, 3.63) is 24.4 Å². The largest absolute Gasteiger partial charge is 0.379 e. The van der Waals surface area contributed by atoms with Crippen molar-refractivity contribution in [2.24, 2.45) is 0 Å². The molecule has 0 radical (unpaired) electrons. The topological polar surface area (TPSA) is 120 Å². The first-order valence-corrected chi connectivity index (χ1v) is 9.73. The van der Waals surface area contributed by atoms with E-state index in [1.54, 1.807) is 16.9 Å². The Labute approximate surface area is 167 Å². The Morgan fingerprint density at radius 3 is 2.34 bits per heavy atom. The number of aromatic nitrogens is 6. The molecule has 2 fully saturated rings. The highest BCUT2D eigenvalue weighted by atomic mass is 16.5. The van der Waals surface area contributed by atoms with Crippen LogP contribution in [0.2, 0.25) is 0 Å². The SMILES string of the molecule is Nc1ncc(-c2cn3nc(CN4CCOCC4)nc3c(N3CCOCC3)n2)cn1. The van der Waals surface area contributed by atoms with Crippen molar-refractivity contribution in [2.75, 3.05) is 63.2 Å². The number of ether oxygens (including phenoxy) is 2. The third-order valence-corrected chi connectivity index (χ3v) is 5.09. The minimum atomic E-state index is 0.233. The molecule has 11 nitrogen and oxygen atoms in total. The second-order valence-electron chi connectivity index (χ2n) is 7.06. The second-order valence-corrected chi connectivity index (χ2v) is 7.06. The standard InChI is InChI=1S/C18H23N9O2/c19-18-20-9-13(10-21-18)14-11-27-17(16(22-14)26-3-7-29-8-4-26)23-15(24-27)12-25-1-5-28-6-2-25/h9-11H,1-8,12H2,(H2,19,20,21). The molecule has 152 valence electrons. The third-order valence-electron chi connectivity index (χ3n) is 5.09. The lowest BCUT2D eigenvalue weighted by Crippen LogP contribution is -2.37. The van der Waals surface area contributed by atoms with Gasteiger partial charge in [-0.15, -0.1) is 5.10 Å². The minimum Gasteiger partial charge on any atom is -0.379 e. The van der Waals surface area contributed by atoms with Gasteiger partial charge in [0.1, 0.15) is 0 Å². The normalized spacial score (nSPS) is 18.4. The fourth-order valence-corrected chi connectivity index (χ4v) is 3.54. The van der Waals surface area contributed by atoms with Crippen molar-refractivity contribution in [3.8, 4) is 11.3 Å². The van der Waals surface area contributed by atoms with Gasteiger partial charge in [0.2, 0.25) is 5.95 Å². The van der Waals surface area contributed by atoms with Crippen molar-refractivity contribution >= 4 is 17.4 Å². The molecule has 2 aliphatic heterocycles. The summed E-state index contributed by atoms with van der Waals surface area (Å²) in [6, 6.07) is 0. The first kappa shape index (κ1) is 18.2. The van der Waals surface area contributed by atoms with E-state index in [-0.39, 0.29) is 5.95 Å². The quantitative estimate of drug-likeness (QED) is 0.635. The fourth-order valence-electron chi connectivity index (χ4n) is 3.54. The molecule has 0 saturated carbocycles. The Kier molecular flexibility index (Phi) is 4.92. The van der Waals surface area contributed by atoms with Gasteiger partial charge >= 0.3 is 0 Å². The van der Waals surface area contributed by atoms with Crippen LogP contribution in [0.5, 0.6) is 0 Å². The van der Waals surface area contributed by atoms with E-state index >= 15 is 0 Å². The molecule has 2 aliphatic rings. The van der Waals surface area contributed by atoms with Crippen LogP contribution in [0.4, 0.5) is 11.8 Å². The molecule has 2 N–H and O–H groups in total. The van der Waals surface area contributed by atoms with E-state index in [4.69, 9.17) is 30.3 Å². The zero-order valence-electron chi connectivity index (χ0n) is 16.1. The number of nitrogen functional groups attached to an aromatic ring is 1. The predicted octanol–water partition coefficient (Wildman–Crippen LogP) is -0.168. The Bertz CT molecular complexity index is 979. The van der Waals surface area contributed by atoms with Crippen LogP contribution < -0.4 is 10.6 Å². The number of nitrogens with zero attached hydrogens (tertiary/aromatic N) is 8. The van der Waals surface area contributed by atoms with Crippen LogP contribution in [0.15, 0.2) is 18.6 Å². The van der Waals surface area contributed by atoms with Gasteiger partial charge in [0, 0.05) is 44.1 Å². The Hall–Kier alpha value is -2.89. The number of fused-ring (bicyclic) bond motifs is 1. The van der Waals surface area contributed by atoms with Crippen LogP contribution in [-0.4, -0.2) is 87.1 Å². The molecule has 2 saturated heterocycles. The van der Waals surface area contributed by atoms with Gasteiger partial charge in [0.15, 0.2) is 17.3 Å². The second kappa shape index (κ2) is 7.85. The van der Waals surface area contributed by atoms with E-state index in [0.29, 0.717) is 19.8 Å². The molecule has 0 aromatic carbocycles. The Balaban J connectivity index is 1.54. The summed E-state index contributed by atoms with van der Waals surface area (Å²) in [5.41, 5.74) is 7.88. The summed E-state index contributed by atoms with van der Waals surface area (Å²) in [4.78, 5) is 22.3. The maximum absolute atomic E-state index is 5.63. The highest BCUT2D eigenvalue weighted by molar-refractivity contribution is 5.69. The molecule has 0 spiro atoms. The van der Waals surface area contributed by atoms with Gasteiger partial charge in [-0.05, 0) is 0 Å². The van der Waals surface area contributed by atoms with Crippen LogP contribution in [0.1, 0.15) is 5.82 Å². The van der Waals surface area contributed by atoms with Crippen LogP contribution in [-0.2, 0) is 16.0 Å². The molecule has 3 aromatic rings. The van der Waals surface area contributed by atoms with Gasteiger partial charge < -0.3 is 20.1 Å². The average Bonchev–Trinajstić information content (AvgIpc) is 3.17. The van der Waals surface area contributed by atoms with Crippen molar-refractivity contribution < 1.29 is 9.47 Å². The maximum atomic E-state index is 5.63. The highest BCUT2D eigenvalue weighted by Crippen LogP contribution is 2.25. The van der Waals surface area contributed by atoms with E-state index in [1.165, 1.54) is 0 Å². The molecule has 5 heterocycles. The van der Waals surface area contributed by atoms with Crippen molar-refractivity contribution in [3.63, 3.8) is 0 Å². The van der Waals surface area contributed by atoms with E-state index in [2.05, 4.69) is 19.8 Å². The summed E-state index contributed by atoms with van der Waals surface area (Å²) in [5, 5.41) is 4.73. The molecule has 0 bridgehead atoms.